The summed E-state index contributed by atoms with van der Waals surface area (Å²) in [7, 11) is 0. The molecule has 0 saturated heterocycles. The zero-order chi connectivity index (χ0) is 36.7. The Kier molecular flexibility index (Phi) is 6.80. The van der Waals surface area contributed by atoms with E-state index in [1.54, 1.807) is 0 Å². The van der Waals surface area contributed by atoms with Crippen molar-refractivity contribution in [1.82, 2.24) is 4.57 Å². The van der Waals surface area contributed by atoms with Crippen LogP contribution in [-0.2, 0) is 0 Å². The molecule has 0 aliphatic carbocycles. The Hall–Kier alpha value is -7.14. The van der Waals surface area contributed by atoms with Gasteiger partial charge in [-0.05, 0) is 89.3 Å². The van der Waals surface area contributed by atoms with Crippen LogP contribution in [0.15, 0.2) is 199 Å². The molecule has 0 amide bonds. The third kappa shape index (κ3) is 4.63. The highest BCUT2D eigenvalue weighted by atomic mass is 32.1. The predicted molar refractivity (Wildman–Crippen MR) is 239 cm³/mol. The maximum atomic E-state index is 6.55. The van der Waals surface area contributed by atoms with Crippen LogP contribution in [0.3, 0.4) is 0 Å². The second-order valence-electron chi connectivity index (χ2n) is 14.5. The predicted octanol–water partition coefficient (Wildman–Crippen LogP) is 15.3. The molecule has 3 nitrogen and oxygen atoms in total. The molecule has 0 saturated carbocycles. The van der Waals surface area contributed by atoms with E-state index in [-0.39, 0.29) is 0 Å². The van der Waals surface area contributed by atoms with Crippen LogP contribution in [0.2, 0.25) is 0 Å². The molecule has 56 heavy (non-hydrogen) atoms. The number of nitrogens with zero attached hydrogens (tertiary/aromatic N) is 2. The Balaban J connectivity index is 1.02. The topological polar surface area (TPSA) is 21.3 Å². The molecule has 0 fully saturated rings. The van der Waals surface area contributed by atoms with Gasteiger partial charge in [-0.15, -0.1) is 11.3 Å². The van der Waals surface area contributed by atoms with Crippen molar-refractivity contribution in [3.8, 4) is 16.8 Å². The summed E-state index contributed by atoms with van der Waals surface area (Å²) < 4.78 is 11.5. The average Bonchev–Trinajstić information content (AvgIpc) is 3.95. The SMILES string of the molecule is c1ccc2c(c1)ccc1c2oc2cccc(-c3ccc(N(c4ccc(-n5c6ccccc6c6ccccc65)cc4)c4cccc5c4sc4ccccc45)cc3)c21. The number of anilines is 3. The minimum atomic E-state index is 0.902. The van der Waals surface area contributed by atoms with Gasteiger partial charge in [0, 0.05) is 59.5 Å². The zero-order valence-corrected chi connectivity index (χ0v) is 31.0. The van der Waals surface area contributed by atoms with E-state index in [2.05, 4.69) is 204 Å². The first-order valence-electron chi connectivity index (χ1n) is 19.0. The van der Waals surface area contributed by atoms with Gasteiger partial charge in [0.05, 0.1) is 21.4 Å². The normalized spacial score (nSPS) is 11.9. The summed E-state index contributed by atoms with van der Waals surface area (Å²) in [5.41, 5.74) is 11.1. The van der Waals surface area contributed by atoms with E-state index < -0.39 is 0 Å². The summed E-state index contributed by atoms with van der Waals surface area (Å²) in [5.74, 6) is 0. The number of aromatic nitrogens is 1. The molecule has 3 heterocycles. The van der Waals surface area contributed by atoms with Crippen LogP contribution in [0.4, 0.5) is 17.1 Å². The van der Waals surface area contributed by atoms with E-state index in [0.29, 0.717) is 0 Å². The molecule has 0 bridgehead atoms. The van der Waals surface area contributed by atoms with Gasteiger partial charge in [0.15, 0.2) is 0 Å². The third-order valence-electron chi connectivity index (χ3n) is 11.4. The Labute approximate surface area is 326 Å². The molecule has 0 spiro atoms. The molecule has 9 aromatic carbocycles. The summed E-state index contributed by atoms with van der Waals surface area (Å²) in [4.78, 5) is 2.41. The van der Waals surface area contributed by atoms with Crippen molar-refractivity contribution in [1.29, 1.82) is 0 Å². The lowest BCUT2D eigenvalue weighted by Crippen LogP contribution is -2.10. The van der Waals surface area contributed by atoms with Crippen LogP contribution in [0.1, 0.15) is 0 Å². The smallest absolute Gasteiger partial charge is 0.143 e. The van der Waals surface area contributed by atoms with Crippen molar-refractivity contribution in [3.05, 3.63) is 194 Å². The molecular weight excluding hydrogens is 701 g/mol. The molecule has 262 valence electrons. The van der Waals surface area contributed by atoms with E-state index in [1.165, 1.54) is 47.4 Å². The van der Waals surface area contributed by atoms with Gasteiger partial charge in [-0.1, -0.05) is 121 Å². The standard InChI is InChI=1S/C52H32N2OS/c1-2-12-39-33(11-1)25-32-44-50-38(16-10-21-48(50)55-51(39)44)34-23-26-35(27-24-34)53(47-20-9-17-43-42-15-5-8-22-49(42)56-52(43)47)36-28-30-37(31-29-36)54-45-18-6-3-13-40(45)41-14-4-7-19-46(41)54/h1-32H. The lowest BCUT2D eigenvalue weighted by Gasteiger charge is -2.26. The minimum Gasteiger partial charge on any atom is -0.455 e. The number of thiophene rings is 1. The fourth-order valence-corrected chi connectivity index (χ4v) is 10.1. The number of benzene rings is 9. The molecule has 0 atom stereocenters. The van der Waals surface area contributed by atoms with Crippen molar-refractivity contribution < 1.29 is 4.42 Å². The Morgan fingerprint density at radius 2 is 1.07 bits per heavy atom. The number of hydrogen-bond donors (Lipinski definition) is 0. The maximum Gasteiger partial charge on any atom is 0.143 e. The fraction of sp³-hybridized carbons (Fsp3) is 0. The van der Waals surface area contributed by atoms with Crippen LogP contribution < -0.4 is 4.90 Å². The fourth-order valence-electron chi connectivity index (χ4n) is 8.87. The summed E-state index contributed by atoms with van der Waals surface area (Å²) >= 11 is 1.86. The van der Waals surface area contributed by atoms with Crippen LogP contribution >= 0.6 is 11.3 Å². The van der Waals surface area contributed by atoms with E-state index >= 15 is 0 Å². The Morgan fingerprint density at radius 3 is 1.84 bits per heavy atom. The molecule has 12 rings (SSSR count). The lowest BCUT2D eigenvalue weighted by atomic mass is 9.98. The highest BCUT2D eigenvalue weighted by Gasteiger charge is 2.20. The molecular formula is C52H32N2OS. The van der Waals surface area contributed by atoms with Gasteiger partial charge in [0.2, 0.25) is 0 Å². The van der Waals surface area contributed by atoms with Gasteiger partial charge >= 0.3 is 0 Å². The second kappa shape index (κ2) is 12.2. The van der Waals surface area contributed by atoms with Crippen molar-refractivity contribution in [2.45, 2.75) is 0 Å². The number of furan rings is 1. The summed E-state index contributed by atoms with van der Waals surface area (Å²) in [6, 6.07) is 70.2. The first kappa shape index (κ1) is 31.2. The quantitative estimate of drug-likeness (QED) is 0.176. The molecule has 3 aromatic heterocycles. The summed E-state index contributed by atoms with van der Waals surface area (Å²) in [6.07, 6.45) is 0. The van der Waals surface area contributed by atoms with Crippen molar-refractivity contribution >= 4 is 103 Å². The van der Waals surface area contributed by atoms with Gasteiger partial charge < -0.3 is 13.9 Å². The van der Waals surface area contributed by atoms with Gasteiger partial charge in [-0.25, -0.2) is 0 Å². The van der Waals surface area contributed by atoms with E-state index in [4.69, 9.17) is 4.42 Å². The zero-order valence-electron chi connectivity index (χ0n) is 30.2. The molecule has 0 aliphatic heterocycles. The first-order chi connectivity index (χ1) is 27.8. The Morgan fingerprint density at radius 1 is 0.446 bits per heavy atom. The Bertz CT molecular complexity index is 3420. The van der Waals surface area contributed by atoms with Gasteiger partial charge in [0.25, 0.3) is 0 Å². The molecule has 12 aromatic rings. The van der Waals surface area contributed by atoms with Crippen LogP contribution in [0.25, 0.3) is 91.5 Å². The molecule has 4 heteroatoms. The first-order valence-corrected chi connectivity index (χ1v) is 19.8. The van der Waals surface area contributed by atoms with Crippen molar-refractivity contribution in [3.63, 3.8) is 0 Å². The number of rotatable bonds is 5. The van der Waals surface area contributed by atoms with E-state index in [9.17, 15) is 0 Å². The minimum absolute atomic E-state index is 0.902. The molecule has 0 radical (unpaired) electrons. The molecule has 0 aliphatic rings. The number of para-hydroxylation sites is 2. The van der Waals surface area contributed by atoms with Gasteiger partial charge in [-0.2, -0.15) is 0 Å². The molecule has 0 N–H and O–H groups in total. The van der Waals surface area contributed by atoms with Gasteiger partial charge in [-0.3, -0.25) is 0 Å². The third-order valence-corrected chi connectivity index (χ3v) is 12.6. The maximum absolute atomic E-state index is 6.55. The molecule has 0 unspecified atom stereocenters. The number of fused-ring (bicyclic) bond motifs is 11. The average molecular weight is 733 g/mol. The highest BCUT2D eigenvalue weighted by molar-refractivity contribution is 7.26. The van der Waals surface area contributed by atoms with Crippen LogP contribution in [0.5, 0.6) is 0 Å². The highest BCUT2D eigenvalue weighted by Crippen LogP contribution is 2.46. The van der Waals surface area contributed by atoms with Gasteiger partial charge in [0.1, 0.15) is 11.2 Å². The second-order valence-corrected chi connectivity index (χ2v) is 15.5. The summed E-state index contributed by atoms with van der Waals surface area (Å²) in [5, 5.41) is 9.70. The van der Waals surface area contributed by atoms with Crippen LogP contribution in [-0.4, -0.2) is 4.57 Å². The number of hydrogen-bond acceptors (Lipinski definition) is 3. The van der Waals surface area contributed by atoms with Crippen LogP contribution in [0, 0.1) is 0 Å². The summed E-state index contributed by atoms with van der Waals surface area (Å²) in [6.45, 7) is 0. The van der Waals surface area contributed by atoms with Crippen molar-refractivity contribution in [2.75, 3.05) is 4.90 Å². The van der Waals surface area contributed by atoms with E-state index in [1.807, 2.05) is 11.3 Å². The van der Waals surface area contributed by atoms with Crippen molar-refractivity contribution in [2.24, 2.45) is 0 Å². The lowest BCUT2D eigenvalue weighted by molar-refractivity contribution is 0.673. The monoisotopic (exact) mass is 732 g/mol. The van der Waals surface area contributed by atoms with E-state index in [0.717, 1.165) is 61.2 Å². The largest absolute Gasteiger partial charge is 0.455 e.